The monoisotopic (exact) mass is 357 g/mol. The number of hydrogen-bond acceptors (Lipinski definition) is 4. The third-order valence-electron chi connectivity index (χ3n) is 4.73. The molecule has 0 saturated heterocycles. The van der Waals surface area contributed by atoms with E-state index in [4.69, 9.17) is 9.47 Å². The zero-order valence-electron chi connectivity index (χ0n) is 16.0. The summed E-state index contributed by atoms with van der Waals surface area (Å²) in [6.07, 6.45) is 3.48. The summed E-state index contributed by atoms with van der Waals surface area (Å²) < 4.78 is 11.0. The molecule has 0 aromatic heterocycles. The highest BCUT2D eigenvalue weighted by Crippen LogP contribution is 2.35. The standard InChI is InChI=1S/C21H27NO4/c1-14(10-19-11-15(2)21(17(19)4)22(23)24)13-26-16(3)12-18-6-8-20(25-5)9-7-18/h6-9,11,14,19H,3,10,12-13H2,1-2,4-5H3/t14-,19?/m0/s1. The van der Waals surface area contributed by atoms with Crippen molar-refractivity contribution in [3.8, 4) is 5.75 Å². The van der Waals surface area contributed by atoms with Crippen molar-refractivity contribution in [1.82, 2.24) is 0 Å². The van der Waals surface area contributed by atoms with E-state index in [0.29, 0.717) is 13.0 Å². The van der Waals surface area contributed by atoms with Crippen LogP contribution in [0.2, 0.25) is 0 Å². The van der Waals surface area contributed by atoms with Crippen molar-refractivity contribution < 1.29 is 14.4 Å². The van der Waals surface area contributed by atoms with Crippen molar-refractivity contribution >= 4 is 0 Å². The molecular formula is C21H27NO4. The molecule has 0 spiro atoms. The van der Waals surface area contributed by atoms with Crippen molar-refractivity contribution in [3.63, 3.8) is 0 Å². The molecule has 0 N–H and O–H groups in total. The summed E-state index contributed by atoms with van der Waals surface area (Å²) in [5.41, 5.74) is 2.99. The van der Waals surface area contributed by atoms with Gasteiger partial charge in [-0.2, -0.15) is 0 Å². The average molecular weight is 357 g/mol. The van der Waals surface area contributed by atoms with Crippen LogP contribution in [0.1, 0.15) is 32.8 Å². The van der Waals surface area contributed by atoms with Gasteiger partial charge in [0, 0.05) is 23.5 Å². The lowest BCUT2D eigenvalue weighted by atomic mass is 9.92. The van der Waals surface area contributed by atoms with E-state index >= 15 is 0 Å². The maximum Gasteiger partial charge on any atom is 0.271 e. The molecule has 2 atom stereocenters. The quantitative estimate of drug-likeness (QED) is 0.357. The first-order chi connectivity index (χ1) is 12.3. The Hall–Kier alpha value is -2.56. The molecule has 1 aromatic rings. The summed E-state index contributed by atoms with van der Waals surface area (Å²) in [6, 6.07) is 7.83. The zero-order valence-corrected chi connectivity index (χ0v) is 16.0. The van der Waals surface area contributed by atoms with Crippen molar-refractivity contribution in [3.05, 3.63) is 75.2 Å². The van der Waals surface area contributed by atoms with Gasteiger partial charge in [0.25, 0.3) is 5.70 Å². The van der Waals surface area contributed by atoms with E-state index in [2.05, 4.69) is 13.5 Å². The van der Waals surface area contributed by atoms with Gasteiger partial charge >= 0.3 is 0 Å². The second-order valence-electron chi connectivity index (χ2n) is 6.96. The molecule has 0 saturated carbocycles. The molecule has 0 aliphatic heterocycles. The van der Waals surface area contributed by atoms with Gasteiger partial charge in [-0.25, -0.2) is 0 Å². The minimum Gasteiger partial charge on any atom is -0.498 e. The third kappa shape index (κ3) is 4.97. The molecule has 1 aromatic carbocycles. The molecular weight excluding hydrogens is 330 g/mol. The van der Waals surface area contributed by atoms with Crippen LogP contribution in [0.4, 0.5) is 0 Å². The minimum absolute atomic E-state index is 0.115. The molecule has 140 valence electrons. The molecule has 2 rings (SSSR count). The van der Waals surface area contributed by atoms with Gasteiger partial charge in [-0.1, -0.05) is 31.7 Å². The number of rotatable bonds is 9. The average Bonchev–Trinajstić information content (AvgIpc) is 2.87. The van der Waals surface area contributed by atoms with E-state index in [9.17, 15) is 10.1 Å². The van der Waals surface area contributed by atoms with Crippen LogP contribution in [0.5, 0.6) is 5.75 Å². The molecule has 5 nitrogen and oxygen atoms in total. The van der Waals surface area contributed by atoms with Crippen LogP contribution in [0.25, 0.3) is 0 Å². The molecule has 26 heavy (non-hydrogen) atoms. The topological polar surface area (TPSA) is 61.6 Å². The van der Waals surface area contributed by atoms with Gasteiger partial charge in [0.05, 0.1) is 24.4 Å². The summed E-state index contributed by atoms with van der Waals surface area (Å²) in [6.45, 7) is 10.3. The number of hydrogen-bond donors (Lipinski definition) is 0. The first-order valence-electron chi connectivity index (χ1n) is 8.79. The smallest absolute Gasteiger partial charge is 0.271 e. The molecule has 1 unspecified atom stereocenters. The Morgan fingerprint density at radius 2 is 1.96 bits per heavy atom. The first-order valence-corrected chi connectivity index (χ1v) is 8.79. The normalized spacial score (nSPS) is 17.7. The fourth-order valence-electron chi connectivity index (χ4n) is 3.31. The second-order valence-corrected chi connectivity index (χ2v) is 6.96. The summed E-state index contributed by atoms with van der Waals surface area (Å²) in [7, 11) is 1.64. The lowest BCUT2D eigenvalue weighted by Gasteiger charge is -2.18. The SMILES string of the molecule is C=C(Cc1ccc(OC)cc1)OC[C@@H](C)CC1C=C(C)C([N+](=O)[O-])=C1C. The highest BCUT2D eigenvalue weighted by molar-refractivity contribution is 5.38. The summed E-state index contributed by atoms with van der Waals surface area (Å²) in [5.74, 6) is 1.94. The van der Waals surface area contributed by atoms with Crippen LogP contribution in [-0.2, 0) is 11.2 Å². The third-order valence-corrected chi connectivity index (χ3v) is 4.73. The number of benzene rings is 1. The highest BCUT2D eigenvalue weighted by atomic mass is 16.6. The fraction of sp³-hybridized carbons (Fsp3) is 0.429. The fourth-order valence-corrected chi connectivity index (χ4v) is 3.31. The summed E-state index contributed by atoms with van der Waals surface area (Å²) in [5, 5.41) is 11.1. The number of nitro groups is 1. The largest absolute Gasteiger partial charge is 0.498 e. The molecule has 5 heteroatoms. The van der Waals surface area contributed by atoms with E-state index < -0.39 is 0 Å². The zero-order chi connectivity index (χ0) is 19.3. The summed E-state index contributed by atoms with van der Waals surface area (Å²) in [4.78, 5) is 10.9. The number of ether oxygens (including phenoxy) is 2. The maximum absolute atomic E-state index is 11.1. The van der Waals surface area contributed by atoms with Crippen molar-refractivity contribution in [2.45, 2.75) is 33.6 Å². The van der Waals surface area contributed by atoms with Gasteiger partial charge in [0.1, 0.15) is 5.75 Å². The molecule has 0 heterocycles. The summed E-state index contributed by atoms with van der Waals surface area (Å²) >= 11 is 0. The maximum atomic E-state index is 11.1. The van der Waals surface area contributed by atoms with Gasteiger partial charge < -0.3 is 9.47 Å². The van der Waals surface area contributed by atoms with Crippen LogP contribution in [-0.4, -0.2) is 18.6 Å². The van der Waals surface area contributed by atoms with E-state index in [1.54, 1.807) is 14.0 Å². The van der Waals surface area contributed by atoms with Gasteiger partial charge in [-0.05, 0) is 43.9 Å². The van der Waals surface area contributed by atoms with Gasteiger partial charge in [-0.15, -0.1) is 0 Å². The Labute approximate surface area is 155 Å². The number of methoxy groups -OCH3 is 1. The Kier molecular flexibility index (Phi) is 6.61. The van der Waals surface area contributed by atoms with Gasteiger partial charge in [-0.3, -0.25) is 10.1 Å². The van der Waals surface area contributed by atoms with Crippen LogP contribution in [0.3, 0.4) is 0 Å². The Balaban J connectivity index is 1.82. The Morgan fingerprint density at radius 1 is 1.31 bits per heavy atom. The highest BCUT2D eigenvalue weighted by Gasteiger charge is 2.30. The van der Waals surface area contributed by atoms with Crippen LogP contribution in [0.15, 0.2) is 59.5 Å². The molecule has 0 fully saturated rings. The van der Waals surface area contributed by atoms with E-state index in [1.807, 2.05) is 37.3 Å². The van der Waals surface area contributed by atoms with E-state index in [0.717, 1.165) is 34.6 Å². The first kappa shape index (κ1) is 19.8. The number of nitrogens with zero attached hydrogens (tertiary/aromatic N) is 1. The Morgan fingerprint density at radius 3 is 2.50 bits per heavy atom. The van der Waals surface area contributed by atoms with Crippen molar-refractivity contribution in [2.75, 3.05) is 13.7 Å². The number of allylic oxidation sites excluding steroid dienone is 4. The van der Waals surface area contributed by atoms with Crippen LogP contribution in [0, 0.1) is 22.0 Å². The van der Waals surface area contributed by atoms with E-state index in [1.165, 1.54) is 0 Å². The molecule has 0 radical (unpaired) electrons. The second kappa shape index (κ2) is 8.70. The Bertz CT molecular complexity index is 731. The van der Waals surface area contributed by atoms with Crippen molar-refractivity contribution in [1.29, 1.82) is 0 Å². The van der Waals surface area contributed by atoms with Gasteiger partial charge in [0.2, 0.25) is 0 Å². The lowest BCUT2D eigenvalue weighted by molar-refractivity contribution is -0.421. The predicted octanol–water partition coefficient (Wildman–Crippen LogP) is 4.92. The molecule has 1 aliphatic carbocycles. The molecule has 0 amide bonds. The molecule has 0 bridgehead atoms. The van der Waals surface area contributed by atoms with E-state index in [-0.39, 0.29) is 22.5 Å². The lowest BCUT2D eigenvalue weighted by Crippen LogP contribution is -2.12. The van der Waals surface area contributed by atoms with Crippen molar-refractivity contribution in [2.24, 2.45) is 11.8 Å². The van der Waals surface area contributed by atoms with Crippen LogP contribution < -0.4 is 4.74 Å². The molecule has 1 aliphatic rings. The minimum atomic E-state index is -0.279. The van der Waals surface area contributed by atoms with Gasteiger partial charge in [0.15, 0.2) is 0 Å². The van der Waals surface area contributed by atoms with Crippen LogP contribution >= 0.6 is 0 Å². The predicted molar refractivity (Wildman–Crippen MR) is 103 cm³/mol.